The highest BCUT2D eigenvalue weighted by atomic mass is 19.2. The maximum atomic E-state index is 14.0. The van der Waals surface area contributed by atoms with E-state index in [1.165, 1.54) is 0 Å². The lowest BCUT2D eigenvalue weighted by atomic mass is 9.90. The number of nitrogens with zero attached hydrogens (tertiary/aromatic N) is 1. The molecule has 0 aliphatic carbocycles. The predicted molar refractivity (Wildman–Crippen MR) is 69.7 cm³/mol. The summed E-state index contributed by atoms with van der Waals surface area (Å²) in [5.74, 6) is -2.99. The molecule has 20 heavy (non-hydrogen) atoms. The summed E-state index contributed by atoms with van der Waals surface area (Å²) in [5, 5.41) is 0. The van der Waals surface area contributed by atoms with Crippen LogP contribution < -0.4 is 5.73 Å². The van der Waals surface area contributed by atoms with E-state index in [4.69, 9.17) is 10.5 Å². The van der Waals surface area contributed by atoms with Crippen molar-refractivity contribution < 1.29 is 17.9 Å². The van der Waals surface area contributed by atoms with E-state index in [1.54, 1.807) is 7.11 Å². The van der Waals surface area contributed by atoms with Gasteiger partial charge in [-0.2, -0.15) is 0 Å². The molecule has 1 heterocycles. The average Bonchev–Trinajstić information content (AvgIpc) is 2.41. The zero-order valence-corrected chi connectivity index (χ0v) is 11.4. The average molecular weight is 288 g/mol. The maximum Gasteiger partial charge on any atom is 0.161 e. The molecule has 6 heteroatoms. The molecule has 3 nitrogen and oxygen atoms in total. The highest BCUT2D eigenvalue weighted by Gasteiger charge is 2.32. The Kier molecular flexibility index (Phi) is 5.01. The molecule has 1 saturated heterocycles. The highest BCUT2D eigenvalue weighted by molar-refractivity contribution is 5.25. The summed E-state index contributed by atoms with van der Waals surface area (Å²) in [5.41, 5.74) is 6.18. The van der Waals surface area contributed by atoms with Crippen molar-refractivity contribution in [1.82, 2.24) is 4.90 Å². The Bertz CT molecular complexity index is 470. The van der Waals surface area contributed by atoms with Crippen molar-refractivity contribution in [2.45, 2.75) is 24.9 Å². The predicted octanol–water partition coefficient (Wildman–Crippen LogP) is 2.21. The van der Waals surface area contributed by atoms with Crippen molar-refractivity contribution >= 4 is 0 Å². The molecule has 0 radical (unpaired) electrons. The lowest BCUT2D eigenvalue weighted by molar-refractivity contribution is 0.0828. The molecule has 2 rings (SSSR count). The van der Waals surface area contributed by atoms with Crippen molar-refractivity contribution in [1.29, 1.82) is 0 Å². The summed E-state index contributed by atoms with van der Waals surface area (Å²) in [6.07, 6.45) is 1.62. The normalized spacial score (nSPS) is 24.1. The van der Waals surface area contributed by atoms with Gasteiger partial charge in [0.1, 0.15) is 5.82 Å². The first-order valence-electron chi connectivity index (χ1n) is 6.67. The molecule has 1 aromatic rings. The van der Waals surface area contributed by atoms with E-state index < -0.39 is 23.5 Å². The van der Waals surface area contributed by atoms with E-state index in [1.807, 2.05) is 4.90 Å². The first-order chi connectivity index (χ1) is 9.54. The second kappa shape index (κ2) is 6.56. The fourth-order valence-corrected chi connectivity index (χ4v) is 2.75. The fourth-order valence-electron chi connectivity index (χ4n) is 2.75. The van der Waals surface area contributed by atoms with Gasteiger partial charge in [-0.3, -0.25) is 4.90 Å². The largest absolute Gasteiger partial charge is 0.383 e. The van der Waals surface area contributed by atoms with Crippen LogP contribution in [0.5, 0.6) is 0 Å². The fraction of sp³-hybridized carbons (Fsp3) is 0.571. The lowest BCUT2D eigenvalue weighted by Gasteiger charge is -2.40. The number of piperidine rings is 1. The molecular weight excluding hydrogens is 269 g/mol. The summed E-state index contributed by atoms with van der Waals surface area (Å²) >= 11 is 0. The zero-order chi connectivity index (χ0) is 14.7. The van der Waals surface area contributed by atoms with E-state index in [-0.39, 0.29) is 11.6 Å². The molecular formula is C14H19F3N2O. The van der Waals surface area contributed by atoms with Crippen LogP contribution in [0.3, 0.4) is 0 Å². The Morgan fingerprint density at radius 3 is 2.65 bits per heavy atom. The van der Waals surface area contributed by atoms with Gasteiger partial charge in [-0.25, -0.2) is 13.2 Å². The number of benzene rings is 1. The molecule has 0 aromatic heterocycles. The van der Waals surface area contributed by atoms with Gasteiger partial charge in [0, 0.05) is 31.3 Å². The molecule has 2 unspecified atom stereocenters. The molecule has 1 fully saturated rings. The van der Waals surface area contributed by atoms with Gasteiger partial charge >= 0.3 is 0 Å². The number of halogens is 3. The van der Waals surface area contributed by atoms with Gasteiger partial charge in [-0.15, -0.1) is 0 Å². The SMILES string of the molecule is COCCN1CCCC(N)C1c1cc(F)c(F)cc1F. The Morgan fingerprint density at radius 2 is 1.95 bits per heavy atom. The van der Waals surface area contributed by atoms with Gasteiger partial charge in [0.2, 0.25) is 0 Å². The second-order valence-corrected chi connectivity index (χ2v) is 5.07. The number of nitrogens with two attached hydrogens (primary N) is 1. The summed E-state index contributed by atoms with van der Waals surface area (Å²) in [4.78, 5) is 1.97. The van der Waals surface area contributed by atoms with Crippen molar-refractivity contribution in [3.8, 4) is 0 Å². The van der Waals surface area contributed by atoms with E-state index in [0.717, 1.165) is 25.5 Å². The van der Waals surface area contributed by atoms with Crippen molar-refractivity contribution in [3.05, 3.63) is 35.1 Å². The minimum absolute atomic E-state index is 0.118. The van der Waals surface area contributed by atoms with Gasteiger partial charge in [0.15, 0.2) is 11.6 Å². The van der Waals surface area contributed by atoms with Crippen LogP contribution in [0.1, 0.15) is 24.4 Å². The van der Waals surface area contributed by atoms with Crippen LogP contribution in [0.15, 0.2) is 12.1 Å². The number of rotatable bonds is 4. The van der Waals surface area contributed by atoms with Gasteiger partial charge < -0.3 is 10.5 Å². The molecule has 2 atom stereocenters. The molecule has 0 amide bonds. The van der Waals surface area contributed by atoms with E-state index >= 15 is 0 Å². The maximum absolute atomic E-state index is 14.0. The number of hydrogen-bond acceptors (Lipinski definition) is 3. The first-order valence-corrected chi connectivity index (χ1v) is 6.67. The molecule has 112 valence electrons. The van der Waals surface area contributed by atoms with Crippen LogP contribution in [0.4, 0.5) is 13.2 Å². The Hall–Kier alpha value is -1.11. The highest BCUT2D eigenvalue weighted by Crippen LogP contribution is 2.32. The second-order valence-electron chi connectivity index (χ2n) is 5.07. The molecule has 1 aliphatic heterocycles. The Balaban J connectivity index is 2.32. The molecule has 0 saturated carbocycles. The molecule has 1 aromatic carbocycles. The summed E-state index contributed by atoms with van der Waals surface area (Å²) < 4.78 is 45.4. The van der Waals surface area contributed by atoms with Crippen LogP contribution in [0.2, 0.25) is 0 Å². The Labute approximate surface area is 116 Å². The molecule has 1 aliphatic rings. The first kappa shape index (κ1) is 15.3. The third kappa shape index (κ3) is 3.13. The molecule has 2 N–H and O–H groups in total. The van der Waals surface area contributed by atoms with Crippen LogP contribution in [-0.4, -0.2) is 37.7 Å². The quantitative estimate of drug-likeness (QED) is 0.863. The standard InChI is InChI=1S/C14H19F3N2O/c1-20-6-5-19-4-2-3-13(18)14(19)9-7-11(16)12(17)8-10(9)15/h7-8,13-14H,2-6,18H2,1H3. The molecule has 0 spiro atoms. The minimum Gasteiger partial charge on any atom is -0.383 e. The van der Waals surface area contributed by atoms with Gasteiger partial charge in [-0.05, 0) is 25.5 Å². The van der Waals surface area contributed by atoms with Crippen LogP contribution in [0, 0.1) is 17.5 Å². The van der Waals surface area contributed by atoms with Gasteiger partial charge in [0.25, 0.3) is 0 Å². The summed E-state index contributed by atoms with van der Waals surface area (Å²) in [6.45, 7) is 1.79. The Morgan fingerprint density at radius 1 is 1.25 bits per heavy atom. The summed E-state index contributed by atoms with van der Waals surface area (Å²) in [6, 6.07) is 0.745. The van der Waals surface area contributed by atoms with Crippen molar-refractivity contribution in [2.75, 3.05) is 26.8 Å². The topological polar surface area (TPSA) is 38.5 Å². The minimum atomic E-state index is -1.18. The lowest BCUT2D eigenvalue weighted by Crippen LogP contribution is -2.47. The van der Waals surface area contributed by atoms with E-state index in [0.29, 0.717) is 19.2 Å². The van der Waals surface area contributed by atoms with Crippen LogP contribution >= 0.6 is 0 Å². The molecule has 0 bridgehead atoms. The van der Waals surface area contributed by atoms with E-state index in [2.05, 4.69) is 0 Å². The van der Waals surface area contributed by atoms with Crippen molar-refractivity contribution in [2.24, 2.45) is 5.73 Å². The number of hydrogen-bond donors (Lipinski definition) is 1. The summed E-state index contributed by atoms with van der Waals surface area (Å²) in [7, 11) is 1.58. The third-order valence-corrected chi connectivity index (χ3v) is 3.72. The van der Waals surface area contributed by atoms with Crippen LogP contribution in [0.25, 0.3) is 0 Å². The van der Waals surface area contributed by atoms with E-state index in [9.17, 15) is 13.2 Å². The third-order valence-electron chi connectivity index (χ3n) is 3.72. The number of likely N-dealkylation sites (tertiary alicyclic amines) is 1. The zero-order valence-electron chi connectivity index (χ0n) is 11.4. The number of ether oxygens (including phenoxy) is 1. The van der Waals surface area contributed by atoms with Gasteiger partial charge in [-0.1, -0.05) is 0 Å². The smallest absolute Gasteiger partial charge is 0.161 e. The monoisotopic (exact) mass is 288 g/mol. The van der Waals surface area contributed by atoms with Crippen LogP contribution in [-0.2, 0) is 4.74 Å². The number of methoxy groups -OCH3 is 1. The van der Waals surface area contributed by atoms with Gasteiger partial charge in [0.05, 0.1) is 12.6 Å². The van der Waals surface area contributed by atoms with Crippen molar-refractivity contribution in [3.63, 3.8) is 0 Å².